The van der Waals surface area contributed by atoms with Crippen LogP contribution in [-0.2, 0) is 0 Å². The molecule has 0 spiro atoms. The Morgan fingerprint density at radius 1 is 1.50 bits per heavy atom. The van der Waals surface area contributed by atoms with Gasteiger partial charge in [0.05, 0.1) is 0 Å². The molecular formula is C5H12NaS2. The predicted molar refractivity (Wildman–Crippen MR) is 47.2 cm³/mol. The molecule has 0 unspecified atom stereocenters. The van der Waals surface area contributed by atoms with Gasteiger partial charge < -0.3 is 0 Å². The van der Waals surface area contributed by atoms with Crippen molar-refractivity contribution < 1.29 is 0 Å². The Morgan fingerprint density at radius 3 is 2.12 bits per heavy atom. The molecule has 0 amide bonds. The molecule has 0 N–H and O–H groups in total. The van der Waals surface area contributed by atoms with Gasteiger partial charge in [0.1, 0.15) is 0 Å². The summed E-state index contributed by atoms with van der Waals surface area (Å²) in [6.07, 6.45) is 0. The molecule has 0 saturated heterocycles. The van der Waals surface area contributed by atoms with Crippen molar-refractivity contribution in [1.29, 1.82) is 0 Å². The number of hydrogen-bond acceptors (Lipinski definition) is 2. The summed E-state index contributed by atoms with van der Waals surface area (Å²) in [6.45, 7) is 4.40. The largest absolute Gasteiger partial charge is 0.179 e. The van der Waals surface area contributed by atoms with E-state index in [1.807, 2.05) is 11.8 Å². The summed E-state index contributed by atoms with van der Waals surface area (Å²) in [5.41, 5.74) is 0. The Kier molecular flexibility index (Phi) is 13.5. The maximum absolute atomic E-state index is 4.07. The van der Waals surface area contributed by atoms with E-state index in [1.54, 1.807) is 0 Å². The molecular weight excluding hydrogens is 147 g/mol. The van der Waals surface area contributed by atoms with E-state index in [2.05, 4.69) is 26.5 Å². The van der Waals surface area contributed by atoms with Crippen LogP contribution in [0.15, 0.2) is 0 Å². The zero-order valence-corrected chi connectivity index (χ0v) is 9.56. The van der Waals surface area contributed by atoms with Crippen molar-refractivity contribution in [3.8, 4) is 0 Å². The third kappa shape index (κ3) is 10.6. The van der Waals surface area contributed by atoms with Gasteiger partial charge in [-0.05, 0) is 11.0 Å². The fraction of sp³-hybridized carbons (Fsp3) is 1.00. The molecule has 0 aliphatic heterocycles. The number of hydrogen-bond donors (Lipinski definition) is 1. The Labute approximate surface area is 83.9 Å². The SMILES string of the molecule is CC(C)SCCS.[Na]. The third-order valence-electron chi connectivity index (χ3n) is 0.542. The molecule has 0 rings (SSSR count). The van der Waals surface area contributed by atoms with Crippen molar-refractivity contribution in [3.63, 3.8) is 0 Å². The first-order valence-corrected chi connectivity index (χ1v) is 4.18. The third-order valence-corrected chi connectivity index (χ3v) is 2.18. The van der Waals surface area contributed by atoms with Gasteiger partial charge in [-0.3, -0.25) is 0 Å². The van der Waals surface area contributed by atoms with Crippen LogP contribution in [0.3, 0.4) is 0 Å². The van der Waals surface area contributed by atoms with Gasteiger partial charge in [-0.1, -0.05) is 13.8 Å². The summed E-state index contributed by atoms with van der Waals surface area (Å²) in [5, 5.41) is 0.771. The maximum Gasteiger partial charge on any atom is 0.00236 e. The van der Waals surface area contributed by atoms with E-state index in [4.69, 9.17) is 0 Å². The quantitative estimate of drug-likeness (QED) is 0.483. The number of thioether (sulfide) groups is 1. The molecule has 8 heavy (non-hydrogen) atoms. The van der Waals surface area contributed by atoms with Crippen LogP contribution in [0.2, 0.25) is 0 Å². The smallest absolute Gasteiger partial charge is 0.00236 e. The first-order chi connectivity index (χ1) is 3.27. The molecule has 0 aliphatic rings. The Balaban J connectivity index is 0. The zero-order valence-electron chi connectivity index (χ0n) is 5.85. The molecule has 0 heterocycles. The topological polar surface area (TPSA) is 0 Å². The van der Waals surface area contributed by atoms with Crippen LogP contribution in [0, 0.1) is 0 Å². The molecule has 0 fully saturated rings. The first kappa shape index (κ1) is 12.4. The molecule has 0 aromatic heterocycles. The number of thiol groups is 1. The van der Waals surface area contributed by atoms with Crippen LogP contribution < -0.4 is 0 Å². The fourth-order valence-electron chi connectivity index (χ4n) is 0.288. The minimum Gasteiger partial charge on any atom is -0.179 e. The van der Waals surface area contributed by atoms with E-state index in [1.165, 1.54) is 5.75 Å². The van der Waals surface area contributed by atoms with Crippen molar-refractivity contribution in [2.24, 2.45) is 0 Å². The summed E-state index contributed by atoms with van der Waals surface area (Å²) in [7, 11) is 0. The number of rotatable bonds is 3. The molecule has 0 saturated carbocycles. The van der Waals surface area contributed by atoms with Crippen molar-refractivity contribution in [1.82, 2.24) is 0 Å². The fourth-order valence-corrected chi connectivity index (χ4v) is 1.18. The van der Waals surface area contributed by atoms with Crippen LogP contribution in [0.5, 0.6) is 0 Å². The van der Waals surface area contributed by atoms with E-state index in [9.17, 15) is 0 Å². The van der Waals surface area contributed by atoms with Crippen LogP contribution >= 0.6 is 24.4 Å². The van der Waals surface area contributed by atoms with Crippen molar-refractivity contribution in [3.05, 3.63) is 0 Å². The molecule has 0 nitrogen and oxygen atoms in total. The summed E-state index contributed by atoms with van der Waals surface area (Å²) >= 11 is 6.03. The minimum atomic E-state index is 0. The van der Waals surface area contributed by atoms with Gasteiger partial charge in [0.25, 0.3) is 0 Å². The van der Waals surface area contributed by atoms with E-state index in [0.717, 1.165) is 11.0 Å². The van der Waals surface area contributed by atoms with Crippen LogP contribution in [0.4, 0.5) is 0 Å². The predicted octanol–water partition coefficient (Wildman–Crippen LogP) is 1.68. The summed E-state index contributed by atoms with van der Waals surface area (Å²) < 4.78 is 0. The Morgan fingerprint density at radius 2 is 2.00 bits per heavy atom. The zero-order chi connectivity index (χ0) is 5.70. The summed E-state index contributed by atoms with van der Waals surface area (Å²) in [4.78, 5) is 0. The van der Waals surface area contributed by atoms with E-state index < -0.39 is 0 Å². The second kappa shape index (κ2) is 8.70. The molecule has 1 radical (unpaired) electrons. The minimum absolute atomic E-state index is 0. The van der Waals surface area contributed by atoms with Crippen LogP contribution in [0.1, 0.15) is 13.8 Å². The van der Waals surface area contributed by atoms with Gasteiger partial charge >= 0.3 is 0 Å². The van der Waals surface area contributed by atoms with Crippen LogP contribution in [-0.4, -0.2) is 46.3 Å². The second-order valence-corrected chi connectivity index (χ2v) is 3.77. The standard InChI is InChI=1S/C5H12S2.Na/c1-5(2)7-4-3-6;/h5-6H,3-4H2,1-2H3;. The molecule has 3 heteroatoms. The van der Waals surface area contributed by atoms with Gasteiger partial charge in [0.15, 0.2) is 0 Å². The van der Waals surface area contributed by atoms with Gasteiger partial charge in [-0.15, -0.1) is 0 Å². The van der Waals surface area contributed by atoms with Gasteiger partial charge in [-0.25, -0.2) is 0 Å². The summed E-state index contributed by atoms with van der Waals surface area (Å²) in [5.74, 6) is 2.18. The molecule has 0 aromatic rings. The molecule has 45 valence electrons. The summed E-state index contributed by atoms with van der Waals surface area (Å²) in [6, 6.07) is 0. The van der Waals surface area contributed by atoms with E-state index in [0.29, 0.717) is 0 Å². The van der Waals surface area contributed by atoms with Crippen LogP contribution in [0.25, 0.3) is 0 Å². The Hall–Kier alpha value is 1.70. The van der Waals surface area contributed by atoms with E-state index >= 15 is 0 Å². The molecule has 0 atom stereocenters. The van der Waals surface area contributed by atoms with Crippen molar-refractivity contribution in [2.75, 3.05) is 11.5 Å². The second-order valence-electron chi connectivity index (χ2n) is 1.64. The maximum atomic E-state index is 4.07. The Bertz CT molecular complexity index is 39.4. The molecule has 0 bridgehead atoms. The average Bonchev–Trinajstić information content (AvgIpc) is 1.61. The normalized spacial score (nSPS) is 9.00. The van der Waals surface area contributed by atoms with Crippen molar-refractivity contribution >= 4 is 53.9 Å². The van der Waals surface area contributed by atoms with E-state index in [-0.39, 0.29) is 29.6 Å². The van der Waals surface area contributed by atoms with Gasteiger partial charge in [0.2, 0.25) is 0 Å². The van der Waals surface area contributed by atoms with Gasteiger partial charge in [-0.2, -0.15) is 24.4 Å². The average molecular weight is 159 g/mol. The first-order valence-electron chi connectivity index (χ1n) is 2.50. The molecule has 0 aromatic carbocycles. The molecule has 0 aliphatic carbocycles. The monoisotopic (exact) mass is 159 g/mol. The van der Waals surface area contributed by atoms with Gasteiger partial charge in [0, 0.05) is 35.3 Å². The van der Waals surface area contributed by atoms with Crippen molar-refractivity contribution in [2.45, 2.75) is 19.1 Å².